The van der Waals surface area contributed by atoms with Crippen LogP contribution in [0.1, 0.15) is 60.9 Å². The van der Waals surface area contributed by atoms with Gasteiger partial charge in [0.25, 0.3) is 0 Å². The Bertz CT molecular complexity index is 334. The van der Waals surface area contributed by atoms with E-state index in [1.54, 1.807) is 0 Å². The lowest BCUT2D eigenvalue weighted by molar-refractivity contribution is 0.408. The highest BCUT2D eigenvalue weighted by atomic mass is 15.1. The van der Waals surface area contributed by atoms with Crippen molar-refractivity contribution in [1.82, 2.24) is 10.2 Å². The third-order valence-electron chi connectivity index (χ3n) is 3.61. The number of nitrogens with zero attached hydrogens (tertiary/aromatic N) is 1. The normalized spacial score (nSPS) is 22.4. The van der Waals surface area contributed by atoms with Crippen molar-refractivity contribution in [3.8, 4) is 0 Å². The summed E-state index contributed by atoms with van der Waals surface area (Å²) in [5.74, 6) is 1.45. The van der Waals surface area contributed by atoms with Crippen molar-refractivity contribution >= 4 is 0 Å². The second-order valence-electron chi connectivity index (χ2n) is 4.61. The first-order valence-electron chi connectivity index (χ1n) is 5.67. The van der Waals surface area contributed by atoms with E-state index in [0.717, 1.165) is 5.92 Å². The Hall–Kier alpha value is -0.830. The number of rotatable bonds is 3. The topological polar surface area (TPSA) is 54.7 Å². The van der Waals surface area contributed by atoms with Crippen molar-refractivity contribution in [2.45, 2.75) is 50.5 Å². The SMILES string of the molecule is NCc1c(C2CCC2)n[nH]c1C1CC1. The highest BCUT2D eigenvalue weighted by Gasteiger charge is 2.32. The molecule has 0 aromatic carbocycles. The van der Waals surface area contributed by atoms with Crippen LogP contribution in [0.5, 0.6) is 0 Å². The fourth-order valence-electron chi connectivity index (χ4n) is 2.34. The Morgan fingerprint density at radius 2 is 2.00 bits per heavy atom. The van der Waals surface area contributed by atoms with Gasteiger partial charge < -0.3 is 5.73 Å². The molecule has 76 valence electrons. The summed E-state index contributed by atoms with van der Waals surface area (Å²) < 4.78 is 0. The van der Waals surface area contributed by atoms with E-state index in [2.05, 4.69) is 10.2 Å². The van der Waals surface area contributed by atoms with Gasteiger partial charge in [-0.1, -0.05) is 6.42 Å². The molecule has 0 bridgehead atoms. The fraction of sp³-hybridized carbons (Fsp3) is 0.727. The summed E-state index contributed by atoms with van der Waals surface area (Å²) in [5.41, 5.74) is 9.77. The molecule has 2 fully saturated rings. The number of H-pyrrole nitrogens is 1. The van der Waals surface area contributed by atoms with Gasteiger partial charge in [0.2, 0.25) is 0 Å². The van der Waals surface area contributed by atoms with Gasteiger partial charge in [0, 0.05) is 29.6 Å². The quantitative estimate of drug-likeness (QED) is 0.768. The smallest absolute Gasteiger partial charge is 0.0700 e. The van der Waals surface area contributed by atoms with Gasteiger partial charge in [-0.2, -0.15) is 5.10 Å². The van der Waals surface area contributed by atoms with Crippen molar-refractivity contribution in [3.63, 3.8) is 0 Å². The number of nitrogens with one attached hydrogen (secondary N) is 1. The molecule has 0 atom stereocenters. The fourth-order valence-corrected chi connectivity index (χ4v) is 2.34. The predicted molar refractivity (Wildman–Crippen MR) is 55.0 cm³/mol. The molecule has 1 aromatic rings. The summed E-state index contributed by atoms with van der Waals surface area (Å²) >= 11 is 0. The number of nitrogens with two attached hydrogens (primary N) is 1. The molecule has 3 heteroatoms. The molecule has 2 aliphatic carbocycles. The van der Waals surface area contributed by atoms with Gasteiger partial charge in [0.15, 0.2) is 0 Å². The highest BCUT2D eigenvalue weighted by Crippen LogP contribution is 2.44. The Kier molecular flexibility index (Phi) is 1.87. The standard InChI is InChI=1S/C11H17N3/c12-6-9-10(7-2-1-3-7)13-14-11(9)8-4-5-8/h7-8H,1-6,12H2,(H,13,14). The lowest BCUT2D eigenvalue weighted by Gasteiger charge is -2.24. The van der Waals surface area contributed by atoms with Crippen molar-refractivity contribution in [3.05, 3.63) is 17.0 Å². The van der Waals surface area contributed by atoms with Crippen LogP contribution < -0.4 is 5.73 Å². The average Bonchev–Trinajstić information content (AvgIpc) is 2.86. The summed E-state index contributed by atoms with van der Waals surface area (Å²) in [6.07, 6.45) is 6.61. The Balaban J connectivity index is 1.93. The molecule has 0 radical (unpaired) electrons. The molecule has 3 rings (SSSR count). The molecule has 1 heterocycles. The van der Waals surface area contributed by atoms with Crippen LogP contribution in [0.15, 0.2) is 0 Å². The van der Waals surface area contributed by atoms with Crippen molar-refractivity contribution in [1.29, 1.82) is 0 Å². The molecule has 1 aromatic heterocycles. The van der Waals surface area contributed by atoms with E-state index >= 15 is 0 Å². The van der Waals surface area contributed by atoms with Crippen molar-refractivity contribution in [2.24, 2.45) is 5.73 Å². The molecule has 0 saturated heterocycles. The second-order valence-corrected chi connectivity index (χ2v) is 4.61. The average molecular weight is 191 g/mol. The van der Waals surface area contributed by atoms with E-state index in [1.807, 2.05) is 0 Å². The molecule has 0 amide bonds. The van der Waals surface area contributed by atoms with Gasteiger partial charge in [-0.25, -0.2) is 0 Å². The molecule has 0 spiro atoms. The number of hydrogen-bond acceptors (Lipinski definition) is 2. The van der Waals surface area contributed by atoms with E-state index in [9.17, 15) is 0 Å². The third kappa shape index (κ3) is 1.19. The first-order valence-corrected chi connectivity index (χ1v) is 5.67. The Morgan fingerprint density at radius 3 is 2.50 bits per heavy atom. The van der Waals surface area contributed by atoms with Gasteiger partial charge in [-0.05, 0) is 25.7 Å². The first kappa shape index (κ1) is 8.48. The van der Waals surface area contributed by atoms with Gasteiger partial charge in [0.1, 0.15) is 0 Å². The number of hydrogen-bond donors (Lipinski definition) is 2. The maximum absolute atomic E-state index is 5.82. The maximum Gasteiger partial charge on any atom is 0.0700 e. The Labute approximate surface area is 84.1 Å². The van der Waals surface area contributed by atoms with Crippen LogP contribution in [0, 0.1) is 0 Å². The Morgan fingerprint density at radius 1 is 1.21 bits per heavy atom. The summed E-state index contributed by atoms with van der Waals surface area (Å²) in [6.45, 7) is 0.661. The van der Waals surface area contributed by atoms with Crippen LogP contribution in [-0.2, 0) is 6.54 Å². The molecule has 3 nitrogen and oxygen atoms in total. The molecule has 2 aliphatic rings. The van der Waals surface area contributed by atoms with Crippen molar-refractivity contribution in [2.75, 3.05) is 0 Å². The maximum atomic E-state index is 5.82. The van der Waals surface area contributed by atoms with E-state index in [-0.39, 0.29) is 0 Å². The minimum Gasteiger partial charge on any atom is -0.326 e. The zero-order valence-electron chi connectivity index (χ0n) is 8.42. The molecular weight excluding hydrogens is 174 g/mol. The molecule has 14 heavy (non-hydrogen) atoms. The van der Waals surface area contributed by atoms with Crippen LogP contribution in [0.2, 0.25) is 0 Å². The van der Waals surface area contributed by atoms with E-state index in [4.69, 9.17) is 5.73 Å². The zero-order chi connectivity index (χ0) is 9.54. The van der Waals surface area contributed by atoms with Crippen LogP contribution in [0.3, 0.4) is 0 Å². The van der Waals surface area contributed by atoms with Crippen LogP contribution >= 0.6 is 0 Å². The minimum absolute atomic E-state index is 0.661. The van der Waals surface area contributed by atoms with Crippen molar-refractivity contribution < 1.29 is 0 Å². The summed E-state index contributed by atoms with van der Waals surface area (Å²) in [5, 5.41) is 7.67. The molecular formula is C11H17N3. The van der Waals surface area contributed by atoms with Gasteiger partial charge in [-0.3, -0.25) is 5.10 Å². The van der Waals surface area contributed by atoms with E-state index in [0.29, 0.717) is 12.5 Å². The van der Waals surface area contributed by atoms with Gasteiger partial charge in [-0.15, -0.1) is 0 Å². The summed E-state index contributed by atoms with van der Waals surface area (Å²) in [7, 11) is 0. The van der Waals surface area contributed by atoms with E-state index in [1.165, 1.54) is 49.1 Å². The monoisotopic (exact) mass is 191 g/mol. The molecule has 3 N–H and O–H groups in total. The van der Waals surface area contributed by atoms with Crippen LogP contribution in [0.25, 0.3) is 0 Å². The van der Waals surface area contributed by atoms with Gasteiger partial charge >= 0.3 is 0 Å². The number of aromatic nitrogens is 2. The molecule has 2 saturated carbocycles. The van der Waals surface area contributed by atoms with Gasteiger partial charge in [0.05, 0.1) is 5.69 Å². The van der Waals surface area contributed by atoms with Crippen LogP contribution in [-0.4, -0.2) is 10.2 Å². The highest BCUT2D eigenvalue weighted by molar-refractivity contribution is 5.33. The van der Waals surface area contributed by atoms with Crippen LogP contribution in [0.4, 0.5) is 0 Å². The third-order valence-corrected chi connectivity index (χ3v) is 3.61. The molecule has 0 unspecified atom stereocenters. The molecule has 0 aliphatic heterocycles. The lowest BCUT2D eigenvalue weighted by Crippen LogP contribution is -2.13. The summed E-state index contributed by atoms with van der Waals surface area (Å²) in [4.78, 5) is 0. The lowest BCUT2D eigenvalue weighted by atomic mass is 9.81. The largest absolute Gasteiger partial charge is 0.326 e. The zero-order valence-corrected chi connectivity index (χ0v) is 8.42. The number of aromatic amines is 1. The first-order chi connectivity index (χ1) is 6.90. The van der Waals surface area contributed by atoms with E-state index < -0.39 is 0 Å². The minimum atomic E-state index is 0.661. The predicted octanol–water partition coefficient (Wildman–Crippen LogP) is 2.01. The second kappa shape index (κ2) is 3.09. The summed E-state index contributed by atoms with van der Waals surface area (Å²) in [6, 6.07) is 0.